The number of hydrogen-bond acceptors (Lipinski definition) is 6. The first-order chi connectivity index (χ1) is 31.2. The van der Waals surface area contributed by atoms with Gasteiger partial charge < -0.3 is 14.2 Å². The lowest BCUT2D eigenvalue weighted by molar-refractivity contribution is -0.167. The van der Waals surface area contributed by atoms with E-state index in [1.165, 1.54) is 212 Å². The number of hydrogen-bond donors (Lipinski definition) is 0. The molecule has 0 spiro atoms. The smallest absolute Gasteiger partial charge is 0.306 e. The molecule has 0 aromatic rings. The van der Waals surface area contributed by atoms with Crippen LogP contribution in [0.1, 0.15) is 324 Å². The molecular formula is C58H112O6. The van der Waals surface area contributed by atoms with Crippen molar-refractivity contribution in [2.24, 2.45) is 11.8 Å². The average Bonchev–Trinajstić information content (AvgIpc) is 3.27. The molecule has 0 aliphatic carbocycles. The molecule has 0 heterocycles. The minimum Gasteiger partial charge on any atom is -0.462 e. The number of rotatable bonds is 52. The first kappa shape index (κ1) is 62.4. The Balaban J connectivity index is 4.29. The molecule has 1 atom stereocenters. The number of carbonyl (C=O) groups excluding carboxylic acids is 3. The third kappa shape index (κ3) is 51.4. The van der Waals surface area contributed by atoms with Crippen molar-refractivity contribution in [1.82, 2.24) is 0 Å². The highest BCUT2D eigenvalue weighted by atomic mass is 16.6. The molecule has 0 bridgehead atoms. The predicted octanol–water partition coefficient (Wildman–Crippen LogP) is 18.9. The third-order valence-corrected chi connectivity index (χ3v) is 13.2. The Hall–Kier alpha value is -1.59. The van der Waals surface area contributed by atoms with E-state index < -0.39 is 6.10 Å². The quantitative estimate of drug-likeness (QED) is 0.0344. The topological polar surface area (TPSA) is 78.9 Å². The van der Waals surface area contributed by atoms with Gasteiger partial charge in [-0.25, -0.2) is 0 Å². The first-order valence-corrected chi connectivity index (χ1v) is 28.7. The zero-order chi connectivity index (χ0) is 46.8. The van der Waals surface area contributed by atoms with Crippen LogP contribution in [0.4, 0.5) is 0 Å². The van der Waals surface area contributed by atoms with E-state index in [1.807, 2.05) is 0 Å². The Morgan fingerprint density at radius 2 is 0.516 bits per heavy atom. The summed E-state index contributed by atoms with van der Waals surface area (Å²) in [6.07, 6.45) is 53.8. The molecule has 0 saturated carbocycles. The summed E-state index contributed by atoms with van der Waals surface area (Å²) in [6.45, 7) is 11.4. The van der Waals surface area contributed by atoms with Crippen LogP contribution in [0.3, 0.4) is 0 Å². The van der Waals surface area contributed by atoms with Crippen LogP contribution in [0.5, 0.6) is 0 Å². The van der Waals surface area contributed by atoms with Crippen molar-refractivity contribution in [2.75, 3.05) is 13.2 Å². The van der Waals surface area contributed by atoms with E-state index >= 15 is 0 Å². The van der Waals surface area contributed by atoms with Gasteiger partial charge in [0.15, 0.2) is 6.10 Å². The first-order valence-electron chi connectivity index (χ1n) is 28.7. The van der Waals surface area contributed by atoms with Crippen LogP contribution < -0.4 is 0 Å². The van der Waals surface area contributed by atoms with Gasteiger partial charge in [-0.2, -0.15) is 0 Å². The highest BCUT2D eigenvalue weighted by molar-refractivity contribution is 5.71. The molecule has 0 aliphatic rings. The van der Waals surface area contributed by atoms with Crippen molar-refractivity contribution >= 4 is 17.9 Å². The lowest BCUT2D eigenvalue weighted by Gasteiger charge is -2.18. The van der Waals surface area contributed by atoms with Crippen LogP contribution in [0.15, 0.2) is 0 Å². The lowest BCUT2D eigenvalue weighted by atomic mass is 10.0. The van der Waals surface area contributed by atoms with Gasteiger partial charge in [-0.15, -0.1) is 0 Å². The standard InChI is InChI=1S/C58H112O6/c1-6-7-8-9-10-11-12-13-15-19-22-28-33-38-43-48-56(59)62-51-55(52-63-57(60)49-44-39-34-29-25-24-27-32-37-42-47-54(4)5)64-58(61)50-45-40-35-30-23-20-17-14-16-18-21-26-31-36-41-46-53(2)3/h53-55H,6-52H2,1-5H3/t55-/m1/s1. The van der Waals surface area contributed by atoms with Gasteiger partial charge in [-0.3, -0.25) is 14.4 Å². The summed E-state index contributed by atoms with van der Waals surface area (Å²) in [5, 5.41) is 0. The molecule has 6 heteroatoms. The van der Waals surface area contributed by atoms with E-state index in [2.05, 4.69) is 34.6 Å². The van der Waals surface area contributed by atoms with E-state index in [0.29, 0.717) is 19.3 Å². The van der Waals surface area contributed by atoms with Crippen LogP contribution in [-0.2, 0) is 28.6 Å². The number of carbonyl (C=O) groups is 3. The van der Waals surface area contributed by atoms with Crippen LogP contribution >= 0.6 is 0 Å². The van der Waals surface area contributed by atoms with Gasteiger partial charge >= 0.3 is 17.9 Å². The highest BCUT2D eigenvalue weighted by Gasteiger charge is 2.19. The molecule has 0 radical (unpaired) electrons. The highest BCUT2D eigenvalue weighted by Crippen LogP contribution is 2.18. The molecule has 380 valence electrons. The Kier molecular flexibility index (Phi) is 49.6. The zero-order valence-electron chi connectivity index (χ0n) is 43.9. The molecule has 0 amide bonds. The molecule has 0 rings (SSSR count). The Morgan fingerprint density at radius 1 is 0.297 bits per heavy atom. The van der Waals surface area contributed by atoms with Gasteiger partial charge in [-0.05, 0) is 31.1 Å². The maximum Gasteiger partial charge on any atom is 0.306 e. The summed E-state index contributed by atoms with van der Waals surface area (Å²) < 4.78 is 16.9. The van der Waals surface area contributed by atoms with Gasteiger partial charge in [0.2, 0.25) is 0 Å². The zero-order valence-corrected chi connectivity index (χ0v) is 43.9. The molecular weight excluding hydrogens is 793 g/mol. The monoisotopic (exact) mass is 905 g/mol. The van der Waals surface area contributed by atoms with Gasteiger partial charge in [0.25, 0.3) is 0 Å². The largest absolute Gasteiger partial charge is 0.462 e. The van der Waals surface area contributed by atoms with Crippen molar-refractivity contribution in [3.05, 3.63) is 0 Å². The van der Waals surface area contributed by atoms with E-state index in [9.17, 15) is 14.4 Å². The second-order valence-electron chi connectivity index (χ2n) is 20.9. The summed E-state index contributed by atoms with van der Waals surface area (Å²) in [7, 11) is 0. The molecule has 0 unspecified atom stereocenters. The van der Waals surface area contributed by atoms with Crippen LogP contribution in [-0.4, -0.2) is 37.2 Å². The van der Waals surface area contributed by atoms with Crippen molar-refractivity contribution in [3.63, 3.8) is 0 Å². The van der Waals surface area contributed by atoms with Gasteiger partial charge in [-0.1, -0.05) is 285 Å². The van der Waals surface area contributed by atoms with E-state index in [-0.39, 0.29) is 31.1 Å². The van der Waals surface area contributed by atoms with E-state index in [1.54, 1.807) is 0 Å². The predicted molar refractivity (Wildman–Crippen MR) is 275 cm³/mol. The van der Waals surface area contributed by atoms with Crippen LogP contribution in [0.2, 0.25) is 0 Å². The molecule has 64 heavy (non-hydrogen) atoms. The van der Waals surface area contributed by atoms with E-state index in [0.717, 1.165) is 69.6 Å². The SMILES string of the molecule is CCCCCCCCCCCCCCCCCC(=O)OC[C@H](COC(=O)CCCCCCCCCCCCC(C)C)OC(=O)CCCCCCCCCCCCCCCCCC(C)C. The summed E-state index contributed by atoms with van der Waals surface area (Å²) >= 11 is 0. The normalized spacial score (nSPS) is 12.0. The number of esters is 3. The fourth-order valence-electron chi connectivity index (χ4n) is 8.87. The molecule has 0 aliphatic heterocycles. The molecule has 0 aromatic carbocycles. The van der Waals surface area contributed by atoms with Crippen molar-refractivity contribution < 1.29 is 28.6 Å². The number of unbranched alkanes of at least 4 members (excludes halogenated alkanes) is 37. The van der Waals surface area contributed by atoms with Crippen molar-refractivity contribution in [3.8, 4) is 0 Å². The van der Waals surface area contributed by atoms with Crippen LogP contribution in [0, 0.1) is 11.8 Å². The lowest BCUT2D eigenvalue weighted by Crippen LogP contribution is -2.30. The summed E-state index contributed by atoms with van der Waals surface area (Å²) in [4.78, 5) is 38.1. The van der Waals surface area contributed by atoms with Gasteiger partial charge in [0.05, 0.1) is 0 Å². The van der Waals surface area contributed by atoms with Gasteiger partial charge in [0.1, 0.15) is 13.2 Å². The van der Waals surface area contributed by atoms with Gasteiger partial charge in [0, 0.05) is 19.3 Å². The minimum atomic E-state index is -0.762. The Bertz CT molecular complexity index is 978. The van der Waals surface area contributed by atoms with E-state index in [4.69, 9.17) is 14.2 Å². The van der Waals surface area contributed by atoms with Crippen molar-refractivity contribution in [1.29, 1.82) is 0 Å². The molecule has 0 N–H and O–H groups in total. The fourth-order valence-corrected chi connectivity index (χ4v) is 8.87. The molecule has 6 nitrogen and oxygen atoms in total. The summed E-state index contributed by atoms with van der Waals surface area (Å²) in [6, 6.07) is 0. The minimum absolute atomic E-state index is 0.0627. The maximum atomic E-state index is 12.8. The Labute approximate surface area is 399 Å². The molecule has 0 aromatic heterocycles. The maximum absolute atomic E-state index is 12.8. The second kappa shape index (κ2) is 50.8. The fraction of sp³-hybridized carbons (Fsp3) is 0.948. The summed E-state index contributed by atoms with van der Waals surface area (Å²) in [5.74, 6) is 0.827. The third-order valence-electron chi connectivity index (χ3n) is 13.2. The molecule has 0 saturated heterocycles. The Morgan fingerprint density at radius 3 is 0.766 bits per heavy atom. The summed E-state index contributed by atoms with van der Waals surface area (Å²) in [5.41, 5.74) is 0. The van der Waals surface area contributed by atoms with Crippen molar-refractivity contribution in [2.45, 2.75) is 330 Å². The van der Waals surface area contributed by atoms with Crippen LogP contribution in [0.25, 0.3) is 0 Å². The number of ether oxygens (including phenoxy) is 3. The average molecular weight is 906 g/mol. The molecule has 0 fully saturated rings. The second-order valence-corrected chi connectivity index (χ2v) is 20.9.